The lowest BCUT2D eigenvalue weighted by Crippen LogP contribution is -2.45. The van der Waals surface area contributed by atoms with Crippen molar-refractivity contribution in [2.45, 2.75) is 33.2 Å². The van der Waals surface area contributed by atoms with Gasteiger partial charge in [-0.2, -0.15) is 0 Å². The molecule has 0 fully saturated rings. The van der Waals surface area contributed by atoms with Crippen LogP contribution in [0.3, 0.4) is 0 Å². The molecule has 0 radical (unpaired) electrons. The minimum Gasteiger partial charge on any atom is -0.335 e. The van der Waals surface area contributed by atoms with Crippen LogP contribution in [-0.2, 0) is 9.59 Å². The summed E-state index contributed by atoms with van der Waals surface area (Å²) in [6.07, 6.45) is 0. The summed E-state index contributed by atoms with van der Waals surface area (Å²) in [6, 6.07) is 5.96. The second kappa shape index (κ2) is 7.27. The van der Waals surface area contributed by atoms with Gasteiger partial charge in [-0.25, -0.2) is 4.98 Å². The van der Waals surface area contributed by atoms with Gasteiger partial charge in [-0.15, -0.1) is 0 Å². The number of carbonyl (C=O) groups is 2. The molecule has 1 aromatic carbocycles. The van der Waals surface area contributed by atoms with Gasteiger partial charge in [0.25, 0.3) is 0 Å². The largest absolute Gasteiger partial charge is 0.335 e. The van der Waals surface area contributed by atoms with Gasteiger partial charge in [0.05, 0.1) is 23.3 Å². The summed E-state index contributed by atoms with van der Waals surface area (Å²) in [4.78, 5) is 29.9. The molecule has 2 rings (SSSR count). The molecule has 0 aliphatic heterocycles. The first-order chi connectivity index (χ1) is 11.1. The molecule has 0 spiro atoms. The Balaban J connectivity index is 1.90. The van der Waals surface area contributed by atoms with Crippen LogP contribution in [0.25, 0.3) is 10.2 Å². The Morgan fingerprint density at radius 2 is 2.00 bits per heavy atom. The number of hydrogen-bond acceptors (Lipinski definition) is 5. The van der Waals surface area contributed by atoms with Crippen LogP contribution >= 0.6 is 11.3 Å². The minimum atomic E-state index is -0.252. The number of likely N-dealkylation sites (N-methyl/N-ethyl adjacent to an activating group) is 1. The Morgan fingerprint density at radius 3 is 2.67 bits per heavy atom. The number of amides is 2. The van der Waals surface area contributed by atoms with E-state index in [4.69, 9.17) is 0 Å². The Labute approximate surface area is 146 Å². The highest BCUT2D eigenvalue weighted by molar-refractivity contribution is 7.22. The number of thiazole rings is 1. The molecule has 1 heterocycles. The highest BCUT2D eigenvalue weighted by Gasteiger charge is 2.17. The van der Waals surface area contributed by atoms with Crippen LogP contribution in [0.2, 0.25) is 0 Å². The number of anilines is 1. The molecule has 1 aromatic heterocycles. The molecule has 24 heavy (non-hydrogen) atoms. The fraction of sp³-hybridized carbons (Fsp3) is 0.471. The van der Waals surface area contributed by atoms with Gasteiger partial charge in [-0.05, 0) is 45.4 Å². The predicted molar refractivity (Wildman–Crippen MR) is 98.4 cm³/mol. The van der Waals surface area contributed by atoms with Gasteiger partial charge in [-0.3, -0.25) is 9.59 Å². The van der Waals surface area contributed by atoms with Crippen LogP contribution in [0, 0.1) is 6.92 Å². The second-order valence-electron chi connectivity index (χ2n) is 6.89. The summed E-state index contributed by atoms with van der Waals surface area (Å²) < 4.78 is 1.03. The maximum atomic E-state index is 12.1. The summed E-state index contributed by atoms with van der Waals surface area (Å²) in [5, 5.41) is 6.43. The molecular formula is C17H24N4O2S. The van der Waals surface area contributed by atoms with E-state index in [0.29, 0.717) is 5.13 Å². The molecule has 130 valence electrons. The van der Waals surface area contributed by atoms with Gasteiger partial charge in [0, 0.05) is 12.6 Å². The zero-order valence-corrected chi connectivity index (χ0v) is 15.6. The average molecular weight is 348 g/mol. The zero-order valence-electron chi connectivity index (χ0n) is 14.8. The van der Waals surface area contributed by atoms with Gasteiger partial charge in [0.1, 0.15) is 0 Å². The first kappa shape index (κ1) is 18.4. The summed E-state index contributed by atoms with van der Waals surface area (Å²) >= 11 is 1.43. The standard InChI is InChI=1S/C17H24N4O2S/c1-11-6-7-12-13(8-11)24-16(19-12)20-14(22)10-21(5)15(23)9-18-17(2,3)4/h6-8,18H,9-10H2,1-5H3,(H,19,20,22). The van der Waals surface area contributed by atoms with Gasteiger partial charge in [0.2, 0.25) is 11.8 Å². The quantitative estimate of drug-likeness (QED) is 0.870. The maximum absolute atomic E-state index is 12.1. The van der Waals surface area contributed by atoms with Crippen LogP contribution in [-0.4, -0.2) is 47.4 Å². The van der Waals surface area contributed by atoms with Crippen molar-refractivity contribution < 1.29 is 9.59 Å². The van der Waals surface area contributed by atoms with Gasteiger partial charge >= 0.3 is 0 Å². The Kier molecular flexibility index (Phi) is 5.56. The van der Waals surface area contributed by atoms with E-state index in [0.717, 1.165) is 15.8 Å². The fourth-order valence-electron chi connectivity index (χ4n) is 2.02. The monoisotopic (exact) mass is 348 g/mol. The van der Waals surface area contributed by atoms with Crippen molar-refractivity contribution in [3.8, 4) is 0 Å². The van der Waals surface area contributed by atoms with Crippen molar-refractivity contribution in [2.24, 2.45) is 0 Å². The Bertz CT molecular complexity index is 749. The lowest BCUT2D eigenvalue weighted by Gasteiger charge is -2.23. The zero-order chi connectivity index (χ0) is 17.9. The number of rotatable bonds is 5. The molecule has 7 heteroatoms. The van der Waals surface area contributed by atoms with E-state index in [9.17, 15) is 9.59 Å². The number of benzene rings is 1. The fourth-order valence-corrected chi connectivity index (χ4v) is 3.00. The van der Waals surface area contributed by atoms with Crippen LogP contribution < -0.4 is 10.6 Å². The number of fused-ring (bicyclic) bond motifs is 1. The van der Waals surface area contributed by atoms with Crippen molar-refractivity contribution >= 4 is 38.5 Å². The minimum absolute atomic E-state index is 0.000388. The first-order valence-electron chi connectivity index (χ1n) is 7.80. The lowest BCUT2D eigenvalue weighted by molar-refractivity contribution is -0.132. The molecule has 0 bridgehead atoms. The van der Waals surface area contributed by atoms with Crippen molar-refractivity contribution in [1.82, 2.24) is 15.2 Å². The topological polar surface area (TPSA) is 74.3 Å². The SMILES string of the molecule is Cc1ccc2nc(NC(=O)CN(C)C(=O)CNC(C)(C)C)sc2c1. The number of hydrogen-bond donors (Lipinski definition) is 2. The number of aryl methyl sites for hydroxylation is 1. The van der Waals surface area contributed by atoms with E-state index in [2.05, 4.69) is 15.6 Å². The number of nitrogens with zero attached hydrogens (tertiary/aromatic N) is 2. The predicted octanol–water partition coefficient (Wildman–Crippen LogP) is 2.39. The third-order valence-electron chi connectivity index (χ3n) is 3.37. The van der Waals surface area contributed by atoms with Gasteiger partial charge in [0.15, 0.2) is 5.13 Å². The molecule has 0 saturated heterocycles. The maximum Gasteiger partial charge on any atom is 0.245 e. The molecule has 2 aromatic rings. The van der Waals surface area contributed by atoms with Crippen LogP contribution in [0.4, 0.5) is 5.13 Å². The van der Waals surface area contributed by atoms with Crippen molar-refractivity contribution in [3.63, 3.8) is 0 Å². The molecule has 0 aliphatic carbocycles. The van der Waals surface area contributed by atoms with E-state index >= 15 is 0 Å². The number of aromatic nitrogens is 1. The lowest BCUT2D eigenvalue weighted by atomic mass is 10.1. The van der Waals surface area contributed by atoms with E-state index in [1.54, 1.807) is 7.05 Å². The van der Waals surface area contributed by atoms with E-state index < -0.39 is 0 Å². The van der Waals surface area contributed by atoms with Crippen molar-refractivity contribution in [2.75, 3.05) is 25.5 Å². The molecule has 0 aliphatic rings. The molecule has 6 nitrogen and oxygen atoms in total. The molecular weight excluding hydrogens is 324 g/mol. The number of nitrogens with one attached hydrogen (secondary N) is 2. The third-order valence-corrected chi connectivity index (χ3v) is 4.30. The Morgan fingerprint density at radius 1 is 1.29 bits per heavy atom. The highest BCUT2D eigenvalue weighted by Crippen LogP contribution is 2.26. The number of carbonyl (C=O) groups excluding carboxylic acids is 2. The van der Waals surface area contributed by atoms with E-state index in [1.807, 2.05) is 45.9 Å². The average Bonchev–Trinajstić information content (AvgIpc) is 2.84. The van der Waals surface area contributed by atoms with Crippen molar-refractivity contribution in [3.05, 3.63) is 23.8 Å². The Hall–Kier alpha value is -1.99. The smallest absolute Gasteiger partial charge is 0.245 e. The second-order valence-corrected chi connectivity index (χ2v) is 7.92. The van der Waals surface area contributed by atoms with Crippen LogP contribution in [0.15, 0.2) is 18.2 Å². The third kappa shape index (κ3) is 5.28. The molecule has 2 N–H and O–H groups in total. The van der Waals surface area contributed by atoms with Gasteiger partial charge < -0.3 is 15.5 Å². The molecule has 0 unspecified atom stereocenters. The van der Waals surface area contributed by atoms with E-state index in [1.165, 1.54) is 16.2 Å². The summed E-state index contributed by atoms with van der Waals surface area (Å²) in [5.41, 5.74) is 1.87. The van der Waals surface area contributed by atoms with Crippen LogP contribution in [0.1, 0.15) is 26.3 Å². The first-order valence-corrected chi connectivity index (χ1v) is 8.62. The molecule has 0 saturated carbocycles. The highest BCUT2D eigenvalue weighted by atomic mass is 32.1. The summed E-state index contributed by atoms with van der Waals surface area (Å²) in [5.74, 6) is -0.377. The summed E-state index contributed by atoms with van der Waals surface area (Å²) in [7, 11) is 1.62. The van der Waals surface area contributed by atoms with E-state index in [-0.39, 0.29) is 30.4 Å². The molecule has 0 atom stereocenters. The van der Waals surface area contributed by atoms with Gasteiger partial charge in [-0.1, -0.05) is 17.4 Å². The molecule has 2 amide bonds. The summed E-state index contributed by atoms with van der Waals surface area (Å²) in [6.45, 7) is 8.18. The van der Waals surface area contributed by atoms with Crippen molar-refractivity contribution in [1.29, 1.82) is 0 Å². The normalized spacial score (nSPS) is 11.5. The van der Waals surface area contributed by atoms with Crippen LogP contribution in [0.5, 0.6) is 0 Å².